The molecule has 0 radical (unpaired) electrons. The van der Waals surface area contributed by atoms with Crippen molar-refractivity contribution in [1.29, 1.82) is 0 Å². The Morgan fingerprint density at radius 2 is 2.08 bits per heavy atom. The summed E-state index contributed by atoms with van der Waals surface area (Å²) in [5.41, 5.74) is 0. The van der Waals surface area contributed by atoms with Crippen molar-refractivity contribution in [1.82, 2.24) is 5.32 Å². The molecule has 0 aliphatic carbocycles. The van der Waals surface area contributed by atoms with Crippen molar-refractivity contribution in [2.45, 2.75) is 51.5 Å². The second-order valence-electron chi connectivity index (χ2n) is 3.35. The first-order valence-corrected chi connectivity index (χ1v) is 5.13. The Bertz CT molecular complexity index is 99.2. The Labute approximate surface area is 77.2 Å². The fourth-order valence-corrected chi connectivity index (χ4v) is 1.46. The molecule has 0 spiro atoms. The Morgan fingerprint density at radius 3 is 2.58 bits per heavy atom. The molecule has 0 aromatic heterocycles. The van der Waals surface area contributed by atoms with Crippen LogP contribution in [-0.2, 0) is 0 Å². The van der Waals surface area contributed by atoms with Crippen LogP contribution in [0, 0.1) is 0 Å². The van der Waals surface area contributed by atoms with E-state index in [1.807, 2.05) is 6.08 Å². The normalized spacial score (nSPS) is 12.8. The van der Waals surface area contributed by atoms with Gasteiger partial charge in [-0.15, -0.1) is 6.58 Å². The third-order valence-corrected chi connectivity index (χ3v) is 2.26. The zero-order valence-electron chi connectivity index (χ0n) is 8.60. The molecule has 12 heavy (non-hydrogen) atoms. The van der Waals surface area contributed by atoms with Crippen LogP contribution in [0.2, 0.25) is 0 Å². The third-order valence-electron chi connectivity index (χ3n) is 2.26. The van der Waals surface area contributed by atoms with Crippen LogP contribution in [0.1, 0.15) is 45.4 Å². The van der Waals surface area contributed by atoms with Gasteiger partial charge in [0, 0.05) is 6.04 Å². The lowest BCUT2D eigenvalue weighted by molar-refractivity contribution is 0.463. The Hall–Kier alpha value is -0.300. The molecule has 72 valence electrons. The Kier molecular flexibility index (Phi) is 8.57. The number of nitrogens with one attached hydrogen (secondary N) is 1. The van der Waals surface area contributed by atoms with Crippen molar-refractivity contribution in [2.75, 3.05) is 7.05 Å². The molecule has 1 heteroatoms. The first-order chi connectivity index (χ1) is 5.85. The summed E-state index contributed by atoms with van der Waals surface area (Å²) in [7, 11) is 2.06. The van der Waals surface area contributed by atoms with Crippen LogP contribution in [0.4, 0.5) is 0 Å². The minimum atomic E-state index is 0.736. The molecule has 0 saturated heterocycles. The maximum absolute atomic E-state index is 3.72. The smallest absolute Gasteiger partial charge is 0.00639 e. The van der Waals surface area contributed by atoms with Gasteiger partial charge in [0.1, 0.15) is 0 Å². The zero-order valence-corrected chi connectivity index (χ0v) is 8.60. The van der Waals surface area contributed by atoms with E-state index in [4.69, 9.17) is 0 Å². The molecule has 0 rings (SSSR count). The quantitative estimate of drug-likeness (QED) is 0.435. The van der Waals surface area contributed by atoms with Gasteiger partial charge in [-0.1, -0.05) is 25.8 Å². The number of hydrogen-bond donors (Lipinski definition) is 1. The molecule has 1 unspecified atom stereocenters. The lowest BCUT2D eigenvalue weighted by Gasteiger charge is -2.14. The third kappa shape index (κ3) is 6.41. The number of unbranched alkanes of at least 4 members (excludes halogenated alkanes) is 2. The molecule has 0 aliphatic rings. The van der Waals surface area contributed by atoms with Crippen LogP contribution < -0.4 is 5.32 Å². The van der Waals surface area contributed by atoms with Gasteiger partial charge < -0.3 is 5.32 Å². The lowest BCUT2D eigenvalue weighted by Crippen LogP contribution is -2.24. The molecule has 1 atom stereocenters. The largest absolute Gasteiger partial charge is 0.317 e. The van der Waals surface area contributed by atoms with Crippen molar-refractivity contribution >= 4 is 0 Å². The highest BCUT2D eigenvalue weighted by molar-refractivity contribution is 4.68. The van der Waals surface area contributed by atoms with Gasteiger partial charge in [0.2, 0.25) is 0 Å². The van der Waals surface area contributed by atoms with Crippen LogP contribution in [0.5, 0.6) is 0 Å². The van der Waals surface area contributed by atoms with Gasteiger partial charge in [-0.2, -0.15) is 0 Å². The molecular weight excluding hydrogens is 146 g/mol. The number of hydrogen-bond acceptors (Lipinski definition) is 1. The fourth-order valence-electron chi connectivity index (χ4n) is 1.46. The number of rotatable bonds is 8. The summed E-state index contributed by atoms with van der Waals surface area (Å²) in [6, 6.07) is 0.736. The SMILES string of the molecule is C=CCCCCC(CCC)NC. The number of allylic oxidation sites excluding steroid dienone is 1. The minimum Gasteiger partial charge on any atom is -0.317 e. The van der Waals surface area contributed by atoms with Crippen LogP contribution in [-0.4, -0.2) is 13.1 Å². The van der Waals surface area contributed by atoms with Crippen LogP contribution in [0.3, 0.4) is 0 Å². The van der Waals surface area contributed by atoms with Gasteiger partial charge in [0.15, 0.2) is 0 Å². The molecule has 0 aromatic carbocycles. The Morgan fingerprint density at radius 1 is 1.33 bits per heavy atom. The van der Waals surface area contributed by atoms with E-state index in [1.54, 1.807) is 0 Å². The average Bonchev–Trinajstić information content (AvgIpc) is 2.10. The van der Waals surface area contributed by atoms with E-state index in [0.717, 1.165) is 6.04 Å². The summed E-state index contributed by atoms with van der Waals surface area (Å²) in [4.78, 5) is 0. The highest BCUT2D eigenvalue weighted by Gasteiger charge is 2.02. The summed E-state index contributed by atoms with van der Waals surface area (Å²) >= 11 is 0. The second kappa shape index (κ2) is 8.79. The van der Waals surface area contributed by atoms with Crippen molar-refractivity contribution in [2.24, 2.45) is 0 Å². The van der Waals surface area contributed by atoms with E-state index < -0.39 is 0 Å². The predicted molar refractivity (Wildman–Crippen MR) is 56.4 cm³/mol. The molecule has 0 heterocycles. The minimum absolute atomic E-state index is 0.736. The van der Waals surface area contributed by atoms with Gasteiger partial charge in [0.05, 0.1) is 0 Å². The summed E-state index contributed by atoms with van der Waals surface area (Å²) in [6.45, 7) is 5.96. The highest BCUT2D eigenvalue weighted by Crippen LogP contribution is 2.07. The highest BCUT2D eigenvalue weighted by atomic mass is 14.9. The summed E-state index contributed by atoms with van der Waals surface area (Å²) < 4.78 is 0. The predicted octanol–water partition coefficient (Wildman–Crippen LogP) is 3.12. The van der Waals surface area contributed by atoms with Crippen molar-refractivity contribution in [3.8, 4) is 0 Å². The lowest BCUT2D eigenvalue weighted by atomic mass is 10.0. The molecule has 0 amide bonds. The molecule has 0 saturated carbocycles. The molecule has 1 nitrogen and oxygen atoms in total. The van der Waals surface area contributed by atoms with Crippen molar-refractivity contribution in [3.05, 3.63) is 12.7 Å². The van der Waals surface area contributed by atoms with Crippen LogP contribution in [0.15, 0.2) is 12.7 Å². The fraction of sp³-hybridized carbons (Fsp3) is 0.818. The monoisotopic (exact) mass is 169 g/mol. The van der Waals surface area contributed by atoms with Gasteiger partial charge in [0.25, 0.3) is 0 Å². The van der Waals surface area contributed by atoms with E-state index in [1.165, 1.54) is 38.5 Å². The van der Waals surface area contributed by atoms with Gasteiger partial charge in [-0.3, -0.25) is 0 Å². The van der Waals surface area contributed by atoms with Crippen LogP contribution >= 0.6 is 0 Å². The molecule has 0 bridgehead atoms. The van der Waals surface area contributed by atoms with Gasteiger partial charge >= 0.3 is 0 Å². The molecule has 0 fully saturated rings. The second-order valence-corrected chi connectivity index (χ2v) is 3.35. The van der Waals surface area contributed by atoms with Gasteiger partial charge in [-0.05, 0) is 32.7 Å². The van der Waals surface area contributed by atoms with E-state index in [0.29, 0.717) is 0 Å². The molecular formula is C11H23N. The first-order valence-electron chi connectivity index (χ1n) is 5.13. The first kappa shape index (κ1) is 11.7. The topological polar surface area (TPSA) is 12.0 Å². The molecule has 0 aromatic rings. The standard InChI is InChI=1S/C11H23N/c1-4-6-7-8-10-11(12-3)9-5-2/h4,11-12H,1,5-10H2,2-3H3. The van der Waals surface area contributed by atoms with E-state index >= 15 is 0 Å². The maximum Gasteiger partial charge on any atom is 0.00639 e. The van der Waals surface area contributed by atoms with E-state index in [2.05, 4.69) is 25.9 Å². The summed E-state index contributed by atoms with van der Waals surface area (Å²) in [5, 5.41) is 3.35. The summed E-state index contributed by atoms with van der Waals surface area (Å²) in [6.07, 6.45) is 9.72. The van der Waals surface area contributed by atoms with E-state index in [-0.39, 0.29) is 0 Å². The average molecular weight is 169 g/mol. The van der Waals surface area contributed by atoms with Crippen molar-refractivity contribution < 1.29 is 0 Å². The molecule has 1 N–H and O–H groups in total. The zero-order chi connectivity index (χ0) is 9.23. The van der Waals surface area contributed by atoms with Crippen molar-refractivity contribution in [3.63, 3.8) is 0 Å². The van der Waals surface area contributed by atoms with Gasteiger partial charge in [-0.25, -0.2) is 0 Å². The van der Waals surface area contributed by atoms with E-state index in [9.17, 15) is 0 Å². The Balaban J connectivity index is 3.24. The summed E-state index contributed by atoms with van der Waals surface area (Å²) in [5.74, 6) is 0. The maximum atomic E-state index is 3.72. The molecule has 0 aliphatic heterocycles. The van der Waals surface area contributed by atoms with Crippen LogP contribution in [0.25, 0.3) is 0 Å².